The van der Waals surface area contributed by atoms with Crippen molar-refractivity contribution in [2.75, 3.05) is 0 Å². The quantitative estimate of drug-likeness (QED) is 0.323. The van der Waals surface area contributed by atoms with Crippen LogP contribution in [0.1, 0.15) is 34.6 Å². The van der Waals surface area contributed by atoms with Gasteiger partial charge in [0.05, 0.1) is 29.5 Å². The van der Waals surface area contributed by atoms with E-state index < -0.39 is 11.4 Å². The Bertz CT molecular complexity index is 1700. The standard InChI is InChI=1S/C27H24ClN9O2/c1-16-13-30-20(15-29-16)25(38)32-27(11-12-27)26(39)31-14-17-7-9-18(10-8-17)37-21-6-4-3-5-19(21)22(28)23(37)24-33-35-36(2)34-24/h3-10,13,15H,11-12,14H2,1-2H3,(H,31,39)(H,32,38). The Balaban J connectivity index is 1.19. The van der Waals surface area contributed by atoms with E-state index in [9.17, 15) is 9.59 Å². The first-order valence-corrected chi connectivity index (χ1v) is 12.7. The van der Waals surface area contributed by atoms with Crippen LogP contribution in [0, 0.1) is 6.92 Å². The lowest BCUT2D eigenvalue weighted by Crippen LogP contribution is -2.49. The van der Waals surface area contributed by atoms with Gasteiger partial charge in [0.15, 0.2) is 0 Å². The van der Waals surface area contributed by atoms with Gasteiger partial charge in [0.1, 0.15) is 16.9 Å². The number of aryl methyl sites for hydroxylation is 2. The summed E-state index contributed by atoms with van der Waals surface area (Å²) in [6.45, 7) is 2.11. The molecule has 5 aromatic rings. The Morgan fingerprint density at radius 1 is 1.05 bits per heavy atom. The van der Waals surface area contributed by atoms with E-state index >= 15 is 0 Å². The molecule has 3 heterocycles. The lowest BCUT2D eigenvalue weighted by atomic mass is 10.1. The minimum Gasteiger partial charge on any atom is -0.350 e. The van der Waals surface area contributed by atoms with E-state index in [1.807, 2.05) is 53.1 Å². The molecule has 2 N–H and O–H groups in total. The molecule has 0 unspecified atom stereocenters. The van der Waals surface area contributed by atoms with Gasteiger partial charge in [-0.15, -0.1) is 10.2 Å². The zero-order valence-electron chi connectivity index (χ0n) is 21.2. The molecule has 0 saturated heterocycles. The van der Waals surface area contributed by atoms with E-state index in [0.717, 1.165) is 22.2 Å². The SMILES string of the molecule is Cc1cnc(C(=O)NC2(C(=O)NCc3ccc(-n4c(-c5nnn(C)n5)c(Cl)c5ccccc54)cc3)CC2)cn1. The van der Waals surface area contributed by atoms with Crippen molar-refractivity contribution in [3.63, 3.8) is 0 Å². The molecule has 12 heteroatoms. The number of fused-ring (bicyclic) bond motifs is 1. The first-order chi connectivity index (χ1) is 18.8. The summed E-state index contributed by atoms with van der Waals surface area (Å²) >= 11 is 6.78. The van der Waals surface area contributed by atoms with Gasteiger partial charge in [0.2, 0.25) is 11.7 Å². The van der Waals surface area contributed by atoms with Gasteiger partial charge in [0, 0.05) is 23.8 Å². The molecule has 0 radical (unpaired) electrons. The van der Waals surface area contributed by atoms with Crippen LogP contribution in [-0.2, 0) is 18.4 Å². The van der Waals surface area contributed by atoms with E-state index in [-0.39, 0.29) is 11.6 Å². The third kappa shape index (κ3) is 4.61. The molecule has 1 aliphatic carbocycles. The highest BCUT2D eigenvalue weighted by Crippen LogP contribution is 2.38. The number of benzene rings is 2. The van der Waals surface area contributed by atoms with Crippen molar-refractivity contribution in [1.82, 2.24) is 45.4 Å². The van der Waals surface area contributed by atoms with Gasteiger partial charge in [-0.2, -0.15) is 4.80 Å². The maximum absolute atomic E-state index is 13.0. The third-order valence-corrected chi connectivity index (χ3v) is 7.11. The van der Waals surface area contributed by atoms with Gasteiger partial charge in [-0.3, -0.25) is 14.6 Å². The molecular formula is C27H24ClN9O2. The number of tetrazole rings is 1. The van der Waals surface area contributed by atoms with Crippen molar-refractivity contribution in [2.45, 2.75) is 31.8 Å². The zero-order chi connectivity index (χ0) is 27.1. The molecule has 6 rings (SSSR count). The van der Waals surface area contributed by atoms with Crippen molar-refractivity contribution in [3.8, 4) is 17.2 Å². The molecule has 1 saturated carbocycles. The maximum Gasteiger partial charge on any atom is 0.272 e. The highest BCUT2D eigenvalue weighted by molar-refractivity contribution is 6.38. The van der Waals surface area contributed by atoms with Gasteiger partial charge in [-0.25, -0.2) is 4.98 Å². The molecule has 39 heavy (non-hydrogen) atoms. The lowest BCUT2D eigenvalue weighted by Gasteiger charge is -2.17. The Morgan fingerprint density at radius 3 is 2.49 bits per heavy atom. The Hall–Kier alpha value is -4.64. The highest BCUT2D eigenvalue weighted by atomic mass is 35.5. The predicted molar refractivity (Wildman–Crippen MR) is 144 cm³/mol. The van der Waals surface area contributed by atoms with Crippen LogP contribution < -0.4 is 10.6 Å². The number of carbonyl (C=O) groups is 2. The summed E-state index contributed by atoms with van der Waals surface area (Å²) in [5, 5.41) is 19.7. The number of nitrogens with zero attached hydrogens (tertiary/aromatic N) is 7. The first-order valence-electron chi connectivity index (χ1n) is 12.4. The van der Waals surface area contributed by atoms with Crippen molar-refractivity contribution in [1.29, 1.82) is 0 Å². The molecular weight excluding hydrogens is 518 g/mol. The molecule has 0 bridgehead atoms. The number of aromatic nitrogens is 7. The minimum atomic E-state index is -0.914. The first kappa shape index (κ1) is 24.7. The number of hydrogen-bond acceptors (Lipinski definition) is 7. The van der Waals surface area contributed by atoms with E-state index in [1.165, 1.54) is 17.2 Å². The second-order valence-electron chi connectivity index (χ2n) is 9.55. The maximum atomic E-state index is 13.0. The van der Waals surface area contributed by atoms with Crippen LogP contribution in [-0.4, -0.2) is 52.1 Å². The predicted octanol–water partition coefficient (Wildman–Crippen LogP) is 3.15. The summed E-state index contributed by atoms with van der Waals surface area (Å²) in [7, 11) is 1.70. The van der Waals surface area contributed by atoms with Crippen LogP contribution in [0.4, 0.5) is 0 Å². The third-order valence-electron chi connectivity index (χ3n) is 6.73. The van der Waals surface area contributed by atoms with Crippen molar-refractivity contribution in [3.05, 3.63) is 82.9 Å². The Labute approximate surface area is 228 Å². The Kier molecular flexibility index (Phi) is 6.07. The molecule has 1 aliphatic rings. The molecule has 3 aromatic heterocycles. The Morgan fingerprint density at radius 2 is 1.82 bits per heavy atom. The second-order valence-corrected chi connectivity index (χ2v) is 9.92. The molecule has 0 aliphatic heterocycles. The fraction of sp³-hybridized carbons (Fsp3) is 0.222. The number of halogens is 1. The van der Waals surface area contributed by atoms with Gasteiger partial charge in [-0.05, 0) is 48.7 Å². The number of amides is 2. The molecule has 11 nitrogen and oxygen atoms in total. The van der Waals surface area contributed by atoms with Crippen LogP contribution in [0.15, 0.2) is 60.9 Å². The van der Waals surface area contributed by atoms with E-state index in [2.05, 4.69) is 36.0 Å². The molecule has 2 aromatic carbocycles. The van der Waals surface area contributed by atoms with Crippen molar-refractivity contribution < 1.29 is 9.59 Å². The summed E-state index contributed by atoms with van der Waals surface area (Å²) in [4.78, 5) is 35.1. The van der Waals surface area contributed by atoms with E-state index in [1.54, 1.807) is 14.0 Å². The largest absolute Gasteiger partial charge is 0.350 e. The number of rotatable bonds is 7. The van der Waals surface area contributed by atoms with E-state index in [0.29, 0.717) is 41.6 Å². The summed E-state index contributed by atoms with van der Waals surface area (Å²) in [6, 6.07) is 15.6. The summed E-state index contributed by atoms with van der Waals surface area (Å²) in [5.74, 6) is -0.215. The smallest absolute Gasteiger partial charge is 0.272 e. The van der Waals surface area contributed by atoms with Gasteiger partial charge in [-0.1, -0.05) is 41.9 Å². The molecule has 2 amide bonds. The fourth-order valence-corrected chi connectivity index (χ4v) is 4.81. The molecule has 0 atom stereocenters. The lowest BCUT2D eigenvalue weighted by molar-refractivity contribution is -0.124. The minimum absolute atomic E-state index is 0.184. The average molecular weight is 542 g/mol. The number of hydrogen-bond donors (Lipinski definition) is 2. The van der Waals surface area contributed by atoms with Crippen LogP contribution in [0.3, 0.4) is 0 Å². The monoisotopic (exact) mass is 541 g/mol. The van der Waals surface area contributed by atoms with Crippen LogP contribution >= 0.6 is 11.6 Å². The molecule has 1 fully saturated rings. The number of para-hydroxylation sites is 1. The second kappa shape index (κ2) is 9.59. The number of carbonyl (C=O) groups excluding carboxylic acids is 2. The number of nitrogens with one attached hydrogen (secondary N) is 2. The molecule has 0 spiro atoms. The normalized spacial score (nSPS) is 13.8. The van der Waals surface area contributed by atoms with Crippen molar-refractivity contribution in [2.24, 2.45) is 7.05 Å². The van der Waals surface area contributed by atoms with Crippen molar-refractivity contribution >= 4 is 34.3 Å². The molecule has 196 valence electrons. The van der Waals surface area contributed by atoms with Crippen LogP contribution in [0.25, 0.3) is 28.1 Å². The summed E-state index contributed by atoms with van der Waals surface area (Å²) in [5.41, 5.74) is 3.31. The average Bonchev–Trinajstić information content (AvgIpc) is 3.51. The van der Waals surface area contributed by atoms with Crippen LogP contribution in [0.2, 0.25) is 5.02 Å². The van der Waals surface area contributed by atoms with Gasteiger partial charge < -0.3 is 15.2 Å². The fourth-order valence-electron chi connectivity index (χ4n) is 4.49. The van der Waals surface area contributed by atoms with E-state index in [4.69, 9.17) is 11.6 Å². The van der Waals surface area contributed by atoms with Gasteiger partial charge in [0.25, 0.3) is 5.91 Å². The topological polar surface area (TPSA) is 133 Å². The zero-order valence-corrected chi connectivity index (χ0v) is 22.0. The van der Waals surface area contributed by atoms with Crippen LogP contribution in [0.5, 0.6) is 0 Å². The summed E-state index contributed by atoms with van der Waals surface area (Å²) < 4.78 is 2.00. The highest BCUT2D eigenvalue weighted by Gasteiger charge is 2.51. The summed E-state index contributed by atoms with van der Waals surface area (Å²) in [6.07, 6.45) is 4.08. The van der Waals surface area contributed by atoms with Gasteiger partial charge >= 0.3 is 0 Å².